The number of furan rings is 2. The van der Waals surface area contributed by atoms with E-state index >= 15 is 0 Å². The quantitative estimate of drug-likeness (QED) is 0.299. The first-order valence-corrected chi connectivity index (χ1v) is 12.2. The van der Waals surface area contributed by atoms with Gasteiger partial charge in [-0.05, 0) is 89.7 Å². The number of hydrogen-bond acceptors (Lipinski definition) is 7. The first-order chi connectivity index (χ1) is 17.5. The predicted molar refractivity (Wildman–Crippen MR) is 135 cm³/mol. The van der Waals surface area contributed by atoms with Gasteiger partial charge >= 0.3 is 0 Å². The van der Waals surface area contributed by atoms with Gasteiger partial charge in [-0.2, -0.15) is 0 Å². The average Bonchev–Trinajstić information content (AvgIpc) is 3.63. The topological polar surface area (TPSA) is 106 Å². The molecular weight excluding hydrogens is 456 g/mol. The van der Waals surface area contributed by atoms with Crippen molar-refractivity contribution < 1.29 is 8.83 Å². The Bertz CT molecular complexity index is 1480. The van der Waals surface area contributed by atoms with Crippen LogP contribution in [0.2, 0.25) is 0 Å². The molecule has 0 amide bonds. The largest absolute Gasteiger partial charge is 0.468 e. The number of tetrazole rings is 1. The van der Waals surface area contributed by atoms with Gasteiger partial charge in [0.25, 0.3) is 5.56 Å². The first kappa shape index (κ1) is 23.7. The fraction of sp³-hybridized carbons (Fsp3) is 0.333. The molecule has 9 nitrogen and oxygen atoms in total. The predicted octanol–water partition coefficient (Wildman–Crippen LogP) is 4.91. The Morgan fingerprint density at radius 1 is 1.03 bits per heavy atom. The fourth-order valence-corrected chi connectivity index (χ4v) is 4.60. The molecule has 0 radical (unpaired) electrons. The molecule has 0 fully saturated rings. The smallest absolute Gasteiger partial charge is 0.252 e. The molecule has 0 spiro atoms. The van der Waals surface area contributed by atoms with E-state index in [4.69, 9.17) is 8.83 Å². The molecular formula is C27H30N6O3. The molecule has 0 saturated carbocycles. The second-order valence-electron chi connectivity index (χ2n) is 9.21. The van der Waals surface area contributed by atoms with Crippen LogP contribution in [0, 0.1) is 13.8 Å². The summed E-state index contributed by atoms with van der Waals surface area (Å²) in [7, 11) is 0. The van der Waals surface area contributed by atoms with Crippen LogP contribution in [0.4, 0.5) is 0 Å². The van der Waals surface area contributed by atoms with E-state index in [-0.39, 0.29) is 11.6 Å². The third-order valence-corrected chi connectivity index (χ3v) is 6.59. The lowest BCUT2D eigenvalue weighted by atomic mass is 10.0. The molecule has 0 saturated heterocycles. The first-order valence-electron chi connectivity index (χ1n) is 12.2. The van der Waals surface area contributed by atoms with Crippen molar-refractivity contribution in [2.24, 2.45) is 0 Å². The SMILES string of the molecule is CCC[C@@H](c1nnnn1Cc1ccco1)N(Cc1ccco1)Cc1cc2cc(C)c(C)cc2[nH]c1=O. The van der Waals surface area contributed by atoms with Crippen molar-refractivity contribution in [1.29, 1.82) is 0 Å². The van der Waals surface area contributed by atoms with Crippen LogP contribution < -0.4 is 5.56 Å². The van der Waals surface area contributed by atoms with Gasteiger partial charge < -0.3 is 13.8 Å². The van der Waals surface area contributed by atoms with Gasteiger partial charge in [0, 0.05) is 17.6 Å². The highest BCUT2D eigenvalue weighted by atomic mass is 16.3. The average molecular weight is 487 g/mol. The number of aromatic amines is 1. The summed E-state index contributed by atoms with van der Waals surface area (Å²) in [6.07, 6.45) is 5.03. The molecule has 0 bridgehead atoms. The standard InChI is InChI=1S/C27H30N6O3/c1-4-7-25(26-29-30-31-33(26)17-23-9-6-11-36-23)32(16-22-8-5-10-35-22)15-21-14-20-12-18(2)19(3)13-24(20)28-27(21)34/h5-6,8-14,25H,4,7,15-17H2,1-3H3,(H,28,34)/t25-/m0/s1. The van der Waals surface area contributed by atoms with E-state index in [2.05, 4.69) is 45.3 Å². The molecule has 5 rings (SSSR count). The number of hydrogen-bond donors (Lipinski definition) is 1. The lowest BCUT2D eigenvalue weighted by molar-refractivity contribution is 0.144. The van der Waals surface area contributed by atoms with Crippen molar-refractivity contribution in [2.75, 3.05) is 0 Å². The number of rotatable bonds is 10. The van der Waals surface area contributed by atoms with Crippen LogP contribution in [-0.4, -0.2) is 30.1 Å². The summed E-state index contributed by atoms with van der Waals surface area (Å²) in [5.74, 6) is 2.31. The van der Waals surface area contributed by atoms with Gasteiger partial charge in [-0.15, -0.1) is 5.10 Å². The van der Waals surface area contributed by atoms with E-state index in [1.807, 2.05) is 43.3 Å². The summed E-state index contributed by atoms with van der Waals surface area (Å²) in [6, 6.07) is 13.6. The van der Waals surface area contributed by atoms with Crippen molar-refractivity contribution in [3.63, 3.8) is 0 Å². The minimum Gasteiger partial charge on any atom is -0.468 e. The Morgan fingerprint density at radius 2 is 1.78 bits per heavy atom. The number of H-pyrrole nitrogens is 1. The molecule has 5 aromatic rings. The van der Waals surface area contributed by atoms with Crippen molar-refractivity contribution in [3.05, 3.63) is 99.4 Å². The van der Waals surface area contributed by atoms with Crippen molar-refractivity contribution in [3.8, 4) is 0 Å². The van der Waals surface area contributed by atoms with Crippen LogP contribution >= 0.6 is 0 Å². The van der Waals surface area contributed by atoms with Crippen LogP contribution in [0.3, 0.4) is 0 Å². The molecule has 0 unspecified atom stereocenters. The van der Waals surface area contributed by atoms with E-state index in [1.54, 1.807) is 17.2 Å². The monoisotopic (exact) mass is 486 g/mol. The van der Waals surface area contributed by atoms with Crippen LogP contribution in [0.15, 0.2) is 68.6 Å². The van der Waals surface area contributed by atoms with Crippen molar-refractivity contribution >= 4 is 10.9 Å². The number of pyridine rings is 1. The molecule has 0 aliphatic rings. The number of aromatic nitrogens is 5. The van der Waals surface area contributed by atoms with E-state index in [0.717, 1.165) is 46.7 Å². The third-order valence-electron chi connectivity index (χ3n) is 6.59. The molecule has 4 aromatic heterocycles. The molecule has 0 aliphatic carbocycles. The van der Waals surface area contributed by atoms with Crippen LogP contribution in [0.5, 0.6) is 0 Å². The molecule has 1 aromatic carbocycles. The summed E-state index contributed by atoms with van der Waals surface area (Å²) in [5.41, 5.74) is 3.77. The van der Waals surface area contributed by atoms with Gasteiger partial charge in [-0.1, -0.05) is 13.3 Å². The summed E-state index contributed by atoms with van der Waals surface area (Å²) in [5, 5.41) is 13.6. The summed E-state index contributed by atoms with van der Waals surface area (Å²) in [6.45, 7) is 7.62. The Hall–Kier alpha value is -3.98. The van der Waals surface area contributed by atoms with Gasteiger partial charge in [0.1, 0.15) is 18.1 Å². The van der Waals surface area contributed by atoms with Crippen molar-refractivity contribution in [2.45, 2.75) is 59.3 Å². The molecule has 4 heterocycles. The lowest BCUT2D eigenvalue weighted by Crippen LogP contribution is -2.32. The maximum absolute atomic E-state index is 13.1. The zero-order valence-electron chi connectivity index (χ0n) is 20.8. The summed E-state index contributed by atoms with van der Waals surface area (Å²) < 4.78 is 13.0. The van der Waals surface area contributed by atoms with Gasteiger partial charge in [0.2, 0.25) is 0 Å². The number of nitrogens with one attached hydrogen (secondary N) is 1. The van der Waals surface area contributed by atoms with Crippen LogP contribution in [-0.2, 0) is 19.6 Å². The highest BCUT2D eigenvalue weighted by Gasteiger charge is 2.27. The maximum atomic E-state index is 13.1. The molecule has 9 heteroatoms. The number of aryl methyl sites for hydroxylation is 2. The fourth-order valence-electron chi connectivity index (χ4n) is 4.60. The second-order valence-corrected chi connectivity index (χ2v) is 9.21. The minimum absolute atomic E-state index is 0.0966. The third kappa shape index (κ3) is 5.01. The van der Waals surface area contributed by atoms with Gasteiger partial charge in [-0.3, -0.25) is 9.69 Å². The zero-order valence-corrected chi connectivity index (χ0v) is 20.8. The molecule has 1 N–H and O–H groups in total. The van der Waals surface area contributed by atoms with Crippen molar-refractivity contribution in [1.82, 2.24) is 30.1 Å². The van der Waals surface area contributed by atoms with E-state index in [0.29, 0.717) is 25.2 Å². The number of benzene rings is 1. The van der Waals surface area contributed by atoms with Gasteiger partial charge in [0.15, 0.2) is 5.82 Å². The summed E-state index contributed by atoms with van der Waals surface area (Å²) in [4.78, 5) is 18.4. The van der Waals surface area contributed by atoms with Gasteiger partial charge in [-0.25, -0.2) is 4.68 Å². The molecule has 0 aliphatic heterocycles. The van der Waals surface area contributed by atoms with Crippen LogP contribution in [0.1, 0.15) is 59.8 Å². The summed E-state index contributed by atoms with van der Waals surface area (Å²) >= 11 is 0. The minimum atomic E-state index is -0.139. The Balaban J connectivity index is 1.53. The van der Waals surface area contributed by atoms with E-state index < -0.39 is 0 Å². The Labute approximate surface area is 208 Å². The number of fused-ring (bicyclic) bond motifs is 1. The zero-order chi connectivity index (χ0) is 25.1. The molecule has 186 valence electrons. The second kappa shape index (κ2) is 10.3. The highest BCUT2D eigenvalue weighted by molar-refractivity contribution is 5.80. The van der Waals surface area contributed by atoms with Crippen LogP contribution in [0.25, 0.3) is 10.9 Å². The highest BCUT2D eigenvalue weighted by Crippen LogP contribution is 2.28. The number of nitrogens with zero attached hydrogens (tertiary/aromatic N) is 5. The maximum Gasteiger partial charge on any atom is 0.252 e. The normalized spacial score (nSPS) is 12.6. The Kier molecular flexibility index (Phi) is 6.81. The van der Waals surface area contributed by atoms with E-state index in [9.17, 15) is 4.79 Å². The van der Waals surface area contributed by atoms with E-state index in [1.165, 1.54) is 5.56 Å². The van der Waals surface area contributed by atoms with Gasteiger partial charge in [0.05, 0.1) is 25.1 Å². The molecule has 36 heavy (non-hydrogen) atoms. The lowest BCUT2D eigenvalue weighted by Gasteiger charge is -2.30. The molecule has 1 atom stereocenters. The Morgan fingerprint density at radius 3 is 2.50 bits per heavy atom.